The largest absolute Gasteiger partial charge is 0.501 e. The highest BCUT2D eigenvalue weighted by atomic mass is 79.9. The van der Waals surface area contributed by atoms with Crippen LogP contribution in [0.15, 0.2) is 46.4 Å². The number of phenols is 1. The molecule has 9 heteroatoms. The number of anilines is 1. The number of carbonyl (C=O) groups excluding carboxylic acids is 1. The number of amides is 1. The van der Waals surface area contributed by atoms with Crippen molar-refractivity contribution in [3.8, 4) is 11.8 Å². The summed E-state index contributed by atoms with van der Waals surface area (Å²) in [7, 11) is 0. The van der Waals surface area contributed by atoms with Gasteiger partial charge in [0.2, 0.25) is 5.75 Å². The molecule has 0 aromatic heterocycles. The van der Waals surface area contributed by atoms with Gasteiger partial charge < -0.3 is 10.4 Å². The molecule has 0 heterocycles. The predicted molar refractivity (Wildman–Crippen MR) is 91.1 cm³/mol. The number of nitrogens with one attached hydrogen (secondary N) is 1. The van der Waals surface area contributed by atoms with Crippen LogP contribution in [0.3, 0.4) is 0 Å². The molecule has 126 valence electrons. The normalized spacial score (nSPS) is 10.8. The van der Waals surface area contributed by atoms with Gasteiger partial charge in [0.05, 0.1) is 9.40 Å². The molecular formula is C16H9BrFN3O4. The van der Waals surface area contributed by atoms with E-state index in [1.54, 1.807) is 6.07 Å². The van der Waals surface area contributed by atoms with Crippen LogP contribution < -0.4 is 5.32 Å². The number of hydrogen-bond donors (Lipinski definition) is 2. The molecule has 0 fully saturated rings. The van der Waals surface area contributed by atoms with Crippen LogP contribution in [0.4, 0.5) is 15.8 Å². The lowest BCUT2D eigenvalue weighted by atomic mass is 10.1. The summed E-state index contributed by atoms with van der Waals surface area (Å²) in [6.45, 7) is 0. The van der Waals surface area contributed by atoms with Gasteiger partial charge in [-0.25, -0.2) is 4.39 Å². The van der Waals surface area contributed by atoms with E-state index < -0.39 is 28.1 Å². The number of nitriles is 1. The highest BCUT2D eigenvalue weighted by Gasteiger charge is 2.18. The lowest BCUT2D eigenvalue weighted by Crippen LogP contribution is -2.13. The predicted octanol–water partition coefficient (Wildman–Crippen LogP) is 3.75. The van der Waals surface area contributed by atoms with Crippen LogP contribution in [-0.4, -0.2) is 15.9 Å². The number of phenolic OH excluding ortho intramolecular Hbond substituents is 1. The summed E-state index contributed by atoms with van der Waals surface area (Å²) in [5, 5.41) is 32.1. The number of nitrogens with zero attached hydrogens (tertiary/aromatic N) is 2. The zero-order valence-electron chi connectivity index (χ0n) is 12.4. The van der Waals surface area contributed by atoms with E-state index in [4.69, 9.17) is 5.26 Å². The van der Waals surface area contributed by atoms with E-state index in [-0.39, 0.29) is 21.3 Å². The van der Waals surface area contributed by atoms with E-state index >= 15 is 0 Å². The lowest BCUT2D eigenvalue weighted by molar-refractivity contribution is -0.386. The molecule has 0 saturated heterocycles. The van der Waals surface area contributed by atoms with Crippen molar-refractivity contribution in [1.82, 2.24) is 0 Å². The van der Waals surface area contributed by atoms with E-state index in [0.717, 1.165) is 24.3 Å². The molecule has 0 aliphatic carbocycles. The van der Waals surface area contributed by atoms with Crippen molar-refractivity contribution in [3.63, 3.8) is 0 Å². The second kappa shape index (κ2) is 7.55. The van der Waals surface area contributed by atoms with Crippen LogP contribution in [0.25, 0.3) is 6.08 Å². The Balaban J connectivity index is 2.34. The fourth-order valence-electron chi connectivity index (χ4n) is 1.87. The van der Waals surface area contributed by atoms with Crippen LogP contribution >= 0.6 is 15.9 Å². The smallest absolute Gasteiger partial charge is 0.312 e. The molecule has 25 heavy (non-hydrogen) atoms. The number of rotatable bonds is 4. The van der Waals surface area contributed by atoms with Gasteiger partial charge in [-0.2, -0.15) is 5.26 Å². The monoisotopic (exact) mass is 405 g/mol. The number of benzene rings is 2. The van der Waals surface area contributed by atoms with E-state index in [2.05, 4.69) is 21.2 Å². The molecule has 0 bridgehead atoms. The van der Waals surface area contributed by atoms with Crippen LogP contribution in [0.1, 0.15) is 5.56 Å². The Kier molecular flexibility index (Phi) is 5.46. The Morgan fingerprint density at radius 2 is 2.00 bits per heavy atom. The molecule has 2 N–H and O–H groups in total. The fraction of sp³-hybridized carbons (Fsp3) is 0. The minimum absolute atomic E-state index is 0.0455. The molecule has 2 rings (SSSR count). The lowest BCUT2D eigenvalue weighted by Gasteiger charge is -2.05. The molecule has 0 atom stereocenters. The first-order valence-corrected chi connectivity index (χ1v) is 7.46. The average Bonchev–Trinajstić information content (AvgIpc) is 2.57. The van der Waals surface area contributed by atoms with Gasteiger partial charge in [0.25, 0.3) is 5.91 Å². The first-order valence-electron chi connectivity index (χ1n) is 6.67. The maximum Gasteiger partial charge on any atom is 0.312 e. The van der Waals surface area contributed by atoms with E-state index in [9.17, 15) is 24.4 Å². The molecule has 0 aliphatic rings. The van der Waals surface area contributed by atoms with Crippen LogP contribution in [0, 0.1) is 27.3 Å². The Hall–Kier alpha value is -3.25. The minimum atomic E-state index is -0.790. The second-order valence-corrected chi connectivity index (χ2v) is 5.61. The van der Waals surface area contributed by atoms with Gasteiger partial charge in [-0.3, -0.25) is 14.9 Å². The topological polar surface area (TPSA) is 116 Å². The number of nitro groups is 1. The zero-order valence-corrected chi connectivity index (χ0v) is 13.9. The molecular weight excluding hydrogens is 397 g/mol. The van der Waals surface area contributed by atoms with Gasteiger partial charge in [-0.05, 0) is 57.9 Å². The summed E-state index contributed by atoms with van der Waals surface area (Å²) in [5.41, 5.74) is -0.444. The van der Waals surface area contributed by atoms with Gasteiger partial charge in [0.15, 0.2) is 0 Å². The van der Waals surface area contributed by atoms with Crippen molar-refractivity contribution in [3.05, 3.63) is 67.9 Å². The number of halogens is 2. The third-order valence-corrected chi connectivity index (χ3v) is 3.64. The molecule has 0 unspecified atom stereocenters. The summed E-state index contributed by atoms with van der Waals surface area (Å²) in [6.07, 6.45) is 1.13. The molecule has 7 nitrogen and oxygen atoms in total. The standard InChI is InChI=1S/C16H9BrFN3O4/c17-13-6-9(7-14(15(13)22)21(24)25)5-10(8-19)16(23)20-12-3-1-11(18)2-4-12/h1-7,22H,(H,20,23)/b10-5+. The van der Waals surface area contributed by atoms with Gasteiger partial charge in [0, 0.05) is 11.8 Å². The summed E-state index contributed by atoms with van der Waals surface area (Å²) in [6, 6.07) is 8.98. The molecule has 0 radical (unpaired) electrons. The van der Waals surface area contributed by atoms with E-state index in [1.165, 1.54) is 18.2 Å². The van der Waals surface area contributed by atoms with Crippen LogP contribution in [0.2, 0.25) is 0 Å². The quantitative estimate of drug-likeness (QED) is 0.347. The Labute approximate surface area is 149 Å². The van der Waals surface area contributed by atoms with Gasteiger partial charge >= 0.3 is 5.69 Å². The van der Waals surface area contributed by atoms with Crippen molar-refractivity contribution in [1.29, 1.82) is 5.26 Å². The number of aromatic hydroxyl groups is 1. The summed E-state index contributed by atoms with van der Waals surface area (Å²) in [5.74, 6) is -1.80. The first kappa shape index (κ1) is 18.1. The molecule has 0 aliphatic heterocycles. The minimum Gasteiger partial charge on any atom is -0.501 e. The Bertz CT molecular complexity index is 920. The molecule has 2 aromatic carbocycles. The SMILES string of the molecule is N#C/C(=C\c1cc(Br)c(O)c([N+](=O)[O-])c1)C(=O)Nc1ccc(F)cc1. The highest BCUT2D eigenvalue weighted by molar-refractivity contribution is 9.10. The maximum atomic E-state index is 12.9. The average molecular weight is 406 g/mol. The first-order chi connectivity index (χ1) is 11.8. The maximum absolute atomic E-state index is 12.9. The van der Waals surface area contributed by atoms with Crippen molar-refractivity contribution < 1.29 is 19.2 Å². The second-order valence-electron chi connectivity index (χ2n) is 4.76. The molecule has 0 saturated carbocycles. The van der Waals surface area contributed by atoms with Crippen molar-refractivity contribution >= 4 is 39.3 Å². The highest BCUT2D eigenvalue weighted by Crippen LogP contribution is 2.35. The number of hydrogen-bond acceptors (Lipinski definition) is 5. The Morgan fingerprint density at radius 1 is 1.36 bits per heavy atom. The third-order valence-electron chi connectivity index (χ3n) is 3.04. The Morgan fingerprint density at radius 3 is 2.56 bits per heavy atom. The number of carbonyl (C=O) groups is 1. The van der Waals surface area contributed by atoms with Crippen LogP contribution in [0.5, 0.6) is 5.75 Å². The van der Waals surface area contributed by atoms with Gasteiger partial charge in [0.1, 0.15) is 17.5 Å². The molecule has 1 amide bonds. The summed E-state index contributed by atoms with van der Waals surface area (Å²) < 4.78 is 12.9. The fourth-order valence-corrected chi connectivity index (χ4v) is 2.34. The number of nitro benzene ring substituents is 1. The van der Waals surface area contributed by atoms with Crippen molar-refractivity contribution in [2.75, 3.05) is 5.32 Å². The summed E-state index contributed by atoms with van der Waals surface area (Å²) in [4.78, 5) is 22.2. The van der Waals surface area contributed by atoms with Crippen molar-refractivity contribution in [2.45, 2.75) is 0 Å². The van der Waals surface area contributed by atoms with Crippen LogP contribution in [-0.2, 0) is 4.79 Å². The van der Waals surface area contributed by atoms with Gasteiger partial charge in [-0.15, -0.1) is 0 Å². The summed E-state index contributed by atoms with van der Waals surface area (Å²) >= 11 is 2.97. The van der Waals surface area contributed by atoms with Gasteiger partial charge in [-0.1, -0.05) is 0 Å². The third kappa shape index (κ3) is 4.39. The van der Waals surface area contributed by atoms with Crippen molar-refractivity contribution in [2.24, 2.45) is 0 Å². The molecule has 0 spiro atoms. The molecule has 2 aromatic rings. The van der Waals surface area contributed by atoms with E-state index in [0.29, 0.717) is 0 Å². The zero-order chi connectivity index (χ0) is 18.6. The van der Waals surface area contributed by atoms with E-state index in [1.807, 2.05) is 0 Å².